The normalized spacial score (nSPS) is 42.9. The molecule has 0 heterocycles. The molecule has 1 aromatic rings. The monoisotopic (exact) mass is 567 g/mol. The van der Waals surface area contributed by atoms with E-state index < -0.39 is 0 Å². The Morgan fingerprint density at radius 3 is 2.17 bits per heavy atom. The molecule has 0 aromatic heterocycles. The van der Waals surface area contributed by atoms with Gasteiger partial charge in [0.2, 0.25) is 0 Å². The fourth-order valence-corrected chi connectivity index (χ4v) is 12.0. The molecule has 1 amide bonds. The summed E-state index contributed by atoms with van der Waals surface area (Å²) < 4.78 is 0. The zero-order valence-electron chi connectivity index (χ0n) is 26.5. The van der Waals surface area contributed by atoms with E-state index in [1.54, 1.807) is 5.57 Å². The first-order chi connectivity index (χ1) is 18.7. The Morgan fingerprint density at radius 2 is 1.51 bits per heavy atom. The summed E-state index contributed by atoms with van der Waals surface area (Å²) in [6.45, 7) is 19.7. The number of allylic oxidation sites excluding steroid dienone is 2. The fourth-order valence-electron chi connectivity index (χ4n) is 12.0. The van der Waals surface area contributed by atoms with Crippen LogP contribution in [0.1, 0.15) is 124 Å². The molecule has 5 aliphatic carbocycles. The van der Waals surface area contributed by atoms with Crippen LogP contribution in [0.2, 0.25) is 0 Å². The molecule has 4 saturated carbocycles. The summed E-state index contributed by atoms with van der Waals surface area (Å²) >= 11 is 0. The van der Waals surface area contributed by atoms with Crippen molar-refractivity contribution in [3.05, 3.63) is 47.0 Å². The topological polar surface area (TPSA) is 46.2 Å². The van der Waals surface area contributed by atoms with Gasteiger partial charge >= 0.3 is 29.6 Å². The van der Waals surface area contributed by atoms with E-state index in [0.29, 0.717) is 29.5 Å². The van der Waals surface area contributed by atoms with Gasteiger partial charge in [-0.15, -0.1) is 0 Å². The SMILES string of the molecule is CC(C)C1=C2[C@H]3CC[C@H]4[C@@]5(C)CCC(NC(=O)c6ccccc6)C(C)(C)[C@@H]5CC[C@@]4(C)[C@]3(C)CC[C@@]2(C)CC1=O.[NaH]. The predicted molar refractivity (Wildman–Crippen MR) is 170 cm³/mol. The number of benzene rings is 1. The van der Waals surface area contributed by atoms with Gasteiger partial charge in [-0.25, -0.2) is 0 Å². The van der Waals surface area contributed by atoms with Crippen LogP contribution in [0.5, 0.6) is 0 Å². The molecule has 220 valence electrons. The third-order valence-electron chi connectivity index (χ3n) is 14.2. The molecule has 0 saturated heterocycles. The Balaban J connectivity index is 0.00000337. The minimum absolute atomic E-state index is 0. The van der Waals surface area contributed by atoms with E-state index in [2.05, 4.69) is 60.7 Å². The van der Waals surface area contributed by atoms with Crippen LogP contribution in [0.15, 0.2) is 41.5 Å². The number of rotatable bonds is 3. The maximum absolute atomic E-state index is 13.3. The van der Waals surface area contributed by atoms with Crippen LogP contribution < -0.4 is 5.32 Å². The molecule has 41 heavy (non-hydrogen) atoms. The van der Waals surface area contributed by atoms with E-state index in [1.807, 2.05) is 30.3 Å². The van der Waals surface area contributed by atoms with Crippen molar-refractivity contribution in [2.45, 2.75) is 119 Å². The maximum atomic E-state index is 13.3. The summed E-state index contributed by atoms with van der Waals surface area (Å²) in [6.07, 6.45) is 10.4. The third kappa shape index (κ3) is 4.36. The number of amides is 1. The minimum atomic E-state index is 0. The molecule has 6 rings (SSSR count). The Morgan fingerprint density at radius 1 is 0.829 bits per heavy atom. The Kier molecular flexibility index (Phi) is 7.95. The Labute approximate surface area is 271 Å². The Bertz CT molecular complexity index is 1250. The van der Waals surface area contributed by atoms with Crippen molar-refractivity contribution in [3.8, 4) is 0 Å². The van der Waals surface area contributed by atoms with E-state index in [-0.39, 0.29) is 68.6 Å². The van der Waals surface area contributed by atoms with Crippen molar-refractivity contribution in [1.82, 2.24) is 5.32 Å². The number of nitrogens with one attached hydrogen (secondary N) is 1. The molecular formula is C37H54NNaO2. The van der Waals surface area contributed by atoms with Gasteiger partial charge in [0.25, 0.3) is 5.91 Å². The number of ketones is 1. The first kappa shape index (κ1) is 31.5. The van der Waals surface area contributed by atoms with Gasteiger partial charge in [-0.2, -0.15) is 0 Å². The summed E-state index contributed by atoms with van der Waals surface area (Å²) in [4.78, 5) is 26.5. The van der Waals surface area contributed by atoms with Gasteiger partial charge in [0, 0.05) is 18.0 Å². The van der Waals surface area contributed by atoms with Crippen LogP contribution in [0, 0.1) is 50.7 Å². The average Bonchev–Trinajstić information content (AvgIpc) is 3.17. The van der Waals surface area contributed by atoms with Crippen molar-refractivity contribution < 1.29 is 9.59 Å². The average molecular weight is 568 g/mol. The molecule has 4 fully saturated rings. The standard InChI is InChI=1S/C37H53NO2.Na.H/c1-23(2)30-26(39)22-34(5)20-21-36(7)25(31(30)34)14-15-28-35(6)18-17-29(38-32(40)24-12-10-9-11-13-24)33(3,4)27(35)16-19-37(28,36)8;;/h9-13,23,25,27-29H,14-22H2,1-8H3,(H,38,40);;/t25-,27+,28+,29?,34+,35+,36-,37-;;/m1../s1. The van der Waals surface area contributed by atoms with Crippen LogP contribution in [0.4, 0.5) is 0 Å². The van der Waals surface area contributed by atoms with Gasteiger partial charge in [-0.3, -0.25) is 9.59 Å². The van der Waals surface area contributed by atoms with Crippen molar-refractivity contribution >= 4 is 41.2 Å². The molecule has 1 unspecified atom stereocenters. The first-order valence-electron chi connectivity index (χ1n) is 16.3. The first-order valence-corrected chi connectivity index (χ1v) is 16.3. The van der Waals surface area contributed by atoms with Crippen molar-refractivity contribution in [2.75, 3.05) is 0 Å². The van der Waals surface area contributed by atoms with Gasteiger partial charge in [-0.05, 0) is 120 Å². The summed E-state index contributed by atoms with van der Waals surface area (Å²) in [7, 11) is 0. The van der Waals surface area contributed by atoms with E-state index in [4.69, 9.17) is 0 Å². The number of hydrogen-bond acceptors (Lipinski definition) is 2. The molecule has 4 heteroatoms. The van der Waals surface area contributed by atoms with E-state index >= 15 is 0 Å². The van der Waals surface area contributed by atoms with Crippen molar-refractivity contribution in [3.63, 3.8) is 0 Å². The summed E-state index contributed by atoms with van der Waals surface area (Å²) in [6, 6.07) is 9.92. The van der Waals surface area contributed by atoms with Gasteiger partial charge < -0.3 is 5.32 Å². The summed E-state index contributed by atoms with van der Waals surface area (Å²) in [5.74, 6) is 2.67. The zero-order chi connectivity index (χ0) is 28.9. The van der Waals surface area contributed by atoms with Gasteiger partial charge in [0.05, 0.1) is 0 Å². The number of carbonyl (C=O) groups is 2. The number of fused-ring (bicyclic) bond motifs is 7. The molecule has 8 atom stereocenters. The molecule has 0 radical (unpaired) electrons. The molecule has 1 N–H and O–H groups in total. The fraction of sp³-hybridized carbons (Fsp3) is 0.730. The van der Waals surface area contributed by atoms with Crippen LogP contribution >= 0.6 is 0 Å². The van der Waals surface area contributed by atoms with E-state index in [0.717, 1.165) is 18.4 Å². The zero-order valence-corrected chi connectivity index (χ0v) is 26.5. The van der Waals surface area contributed by atoms with Gasteiger partial charge in [0.1, 0.15) is 0 Å². The van der Waals surface area contributed by atoms with Gasteiger partial charge in [-0.1, -0.05) is 79.2 Å². The number of carbonyl (C=O) groups excluding carboxylic acids is 2. The third-order valence-corrected chi connectivity index (χ3v) is 14.2. The quantitative estimate of drug-likeness (QED) is 0.375. The second-order valence-corrected chi connectivity index (χ2v) is 16.5. The van der Waals surface area contributed by atoms with E-state index in [9.17, 15) is 9.59 Å². The molecule has 5 aliphatic rings. The molecule has 1 aromatic carbocycles. The van der Waals surface area contributed by atoms with Crippen molar-refractivity contribution in [1.29, 1.82) is 0 Å². The molecule has 0 aliphatic heterocycles. The molecule has 0 spiro atoms. The second-order valence-electron chi connectivity index (χ2n) is 16.5. The van der Waals surface area contributed by atoms with Crippen LogP contribution in [0.25, 0.3) is 0 Å². The van der Waals surface area contributed by atoms with E-state index in [1.165, 1.54) is 50.5 Å². The van der Waals surface area contributed by atoms with Crippen LogP contribution in [-0.4, -0.2) is 47.3 Å². The number of Topliss-reactive ketones (excluding diaryl/α,β-unsaturated/α-hetero) is 1. The molecular weight excluding hydrogens is 513 g/mol. The second kappa shape index (κ2) is 10.3. The molecule has 0 bridgehead atoms. The predicted octanol–water partition coefficient (Wildman–Crippen LogP) is 8.14. The summed E-state index contributed by atoms with van der Waals surface area (Å²) in [5.41, 5.74) is 4.48. The van der Waals surface area contributed by atoms with Crippen LogP contribution in [-0.2, 0) is 4.79 Å². The van der Waals surface area contributed by atoms with Gasteiger partial charge in [0.15, 0.2) is 5.78 Å². The van der Waals surface area contributed by atoms with Crippen LogP contribution in [0.3, 0.4) is 0 Å². The summed E-state index contributed by atoms with van der Waals surface area (Å²) in [5, 5.41) is 3.48. The Hall–Kier alpha value is -0.900. The molecule has 3 nitrogen and oxygen atoms in total. The number of hydrogen-bond donors (Lipinski definition) is 1. The van der Waals surface area contributed by atoms with Crippen molar-refractivity contribution in [2.24, 2.45) is 50.7 Å².